The van der Waals surface area contributed by atoms with Crippen LogP contribution >= 0.6 is 0 Å². The third-order valence-electron chi connectivity index (χ3n) is 1.67. The molecule has 1 aromatic rings. The van der Waals surface area contributed by atoms with Crippen molar-refractivity contribution in [3.8, 4) is 5.88 Å². The zero-order valence-electron chi connectivity index (χ0n) is 8.33. The first-order valence-electron chi connectivity index (χ1n) is 4.40. The average molecular weight is 184 g/mol. The summed E-state index contributed by atoms with van der Waals surface area (Å²) in [4.78, 5) is 4.09. The predicted octanol–water partition coefficient (Wildman–Crippen LogP) is 1.34. The van der Waals surface area contributed by atoms with Gasteiger partial charge in [0.1, 0.15) is 0 Å². The summed E-state index contributed by atoms with van der Waals surface area (Å²) in [6.45, 7) is 4.54. The van der Waals surface area contributed by atoms with E-state index >= 15 is 0 Å². The molecule has 1 heterocycles. The van der Waals surface area contributed by atoms with E-state index in [4.69, 9.17) is 14.9 Å². The number of nitrogens with zero attached hydrogens (tertiary/aromatic N) is 1. The zero-order chi connectivity index (χ0) is 9.84. The second kappa shape index (κ2) is 4.28. The van der Waals surface area contributed by atoms with E-state index < -0.39 is 0 Å². The molecule has 74 valence electrons. The Hall–Kier alpha value is -1.03. The Morgan fingerprint density at radius 2 is 2.23 bits per heavy atom. The van der Waals surface area contributed by atoms with E-state index in [1.807, 2.05) is 0 Å². The van der Waals surface area contributed by atoms with Gasteiger partial charge in [-0.1, -0.05) is 13.8 Å². The topological polar surface area (TPSA) is 61.3 Å². The van der Waals surface area contributed by atoms with Crippen molar-refractivity contribution in [3.63, 3.8) is 0 Å². The second-order valence-electron chi connectivity index (χ2n) is 3.34. The Labute approximate surface area is 78.1 Å². The molecule has 13 heavy (non-hydrogen) atoms. The summed E-state index contributed by atoms with van der Waals surface area (Å²) in [6, 6.07) is 0. The van der Waals surface area contributed by atoms with Crippen LogP contribution in [0, 0.1) is 5.92 Å². The van der Waals surface area contributed by atoms with Gasteiger partial charge in [-0.25, -0.2) is 0 Å². The van der Waals surface area contributed by atoms with Crippen LogP contribution in [0.2, 0.25) is 0 Å². The van der Waals surface area contributed by atoms with Gasteiger partial charge in [-0.15, -0.1) is 0 Å². The van der Waals surface area contributed by atoms with Gasteiger partial charge in [0.25, 0.3) is 5.88 Å². The molecule has 0 spiro atoms. The minimum atomic E-state index is 0.314. The average Bonchev–Trinajstić information content (AvgIpc) is 2.46. The number of oxazole rings is 1. The van der Waals surface area contributed by atoms with Crippen molar-refractivity contribution in [1.29, 1.82) is 0 Å². The van der Waals surface area contributed by atoms with E-state index in [1.54, 1.807) is 7.11 Å². The summed E-state index contributed by atoms with van der Waals surface area (Å²) >= 11 is 0. The highest BCUT2D eigenvalue weighted by atomic mass is 16.5. The Morgan fingerprint density at radius 3 is 2.69 bits per heavy atom. The molecule has 0 atom stereocenters. The fraction of sp³-hybridized carbons (Fsp3) is 0.667. The van der Waals surface area contributed by atoms with Gasteiger partial charge >= 0.3 is 0 Å². The van der Waals surface area contributed by atoms with Crippen LogP contribution in [0.4, 0.5) is 0 Å². The molecule has 0 saturated heterocycles. The standard InChI is InChI=1S/C9H16N2O2/c1-6(2)4-7-9(12-3)11-8(5-10)13-7/h6H,4-5,10H2,1-3H3. The van der Waals surface area contributed by atoms with Gasteiger partial charge in [0.2, 0.25) is 5.89 Å². The lowest BCUT2D eigenvalue weighted by Crippen LogP contribution is -1.95. The van der Waals surface area contributed by atoms with Crippen LogP contribution in [0.25, 0.3) is 0 Å². The van der Waals surface area contributed by atoms with Crippen molar-refractivity contribution in [2.24, 2.45) is 11.7 Å². The highest BCUT2D eigenvalue weighted by Gasteiger charge is 2.13. The number of hydrogen-bond acceptors (Lipinski definition) is 4. The fourth-order valence-corrected chi connectivity index (χ4v) is 1.13. The van der Waals surface area contributed by atoms with Crippen LogP contribution in [0.5, 0.6) is 5.88 Å². The molecule has 0 radical (unpaired) electrons. The van der Waals surface area contributed by atoms with Crippen molar-refractivity contribution >= 4 is 0 Å². The Balaban J connectivity index is 2.84. The maximum atomic E-state index is 5.41. The number of ether oxygens (including phenoxy) is 1. The summed E-state index contributed by atoms with van der Waals surface area (Å²) in [5, 5.41) is 0. The summed E-state index contributed by atoms with van der Waals surface area (Å²) in [6.07, 6.45) is 0.830. The summed E-state index contributed by atoms with van der Waals surface area (Å²) in [5.74, 6) is 2.41. The Kier molecular flexibility index (Phi) is 3.31. The van der Waals surface area contributed by atoms with Crippen LogP contribution < -0.4 is 10.5 Å². The number of methoxy groups -OCH3 is 1. The SMILES string of the molecule is COc1nc(CN)oc1CC(C)C. The molecule has 0 bridgehead atoms. The molecule has 0 fully saturated rings. The molecule has 1 aromatic heterocycles. The van der Waals surface area contributed by atoms with Gasteiger partial charge in [-0.05, 0) is 5.92 Å². The van der Waals surface area contributed by atoms with Gasteiger partial charge in [0, 0.05) is 6.42 Å². The summed E-state index contributed by atoms with van der Waals surface area (Å²) in [7, 11) is 1.59. The second-order valence-corrected chi connectivity index (χ2v) is 3.34. The lowest BCUT2D eigenvalue weighted by Gasteiger charge is -2.01. The molecule has 4 nitrogen and oxygen atoms in total. The fourth-order valence-electron chi connectivity index (χ4n) is 1.13. The van der Waals surface area contributed by atoms with Gasteiger partial charge in [0.05, 0.1) is 13.7 Å². The molecule has 0 aliphatic carbocycles. The van der Waals surface area contributed by atoms with Crippen molar-refractivity contribution in [1.82, 2.24) is 4.98 Å². The maximum Gasteiger partial charge on any atom is 0.256 e. The molecule has 0 amide bonds. The molecule has 2 N–H and O–H groups in total. The van der Waals surface area contributed by atoms with Gasteiger partial charge in [0.15, 0.2) is 5.76 Å². The van der Waals surface area contributed by atoms with Crippen LogP contribution in [-0.2, 0) is 13.0 Å². The van der Waals surface area contributed by atoms with Gasteiger partial charge < -0.3 is 14.9 Å². The quantitative estimate of drug-likeness (QED) is 0.767. The summed E-state index contributed by atoms with van der Waals surface area (Å²) < 4.78 is 10.5. The van der Waals surface area contributed by atoms with Crippen molar-refractivity contribution < 1.29 is 9.15 Å². The van der Waals surface area contributed by atoms with E-state index in [0.29, 0.717) is 24.2 Å². The first-order chi connectivity index (χ1) is 6.17. The van der Waals surface area contributed by atoms with E-state index in [0.717, 1.165) is 12.2 Å². The first-order valence-corrected chi connectivity index (χ1v) is 4.40. The molecule has 4 heteroatoms. The van der Waals surface area contributed by atoms with Crippen LogP contribution in [0.15, 0.2) is 4.42 Å². The van der Waals surface area contributed by atoms with E-state index in [-0.39, 0.29) is 0 Å². The third-order valence-corrected chi connectivity index (χ3v) is 1.67. The normalized spacial score (nSPS) is 10.8. The minimum absolute atomic E-state index is 0.314. The number of aromatic nitrogens is 1. The minimum Gasteiger partial charge on any atom is -0.479 e. The largest absolute Gasteiger partial charge is 0.479 e. The lowest BCUT2D eigenvalue weighted by molar-refractivity contribution is 0.373. The van der Waals surface area contributed by atoms with E-state index in [2.05, 4.69) is 18.8 Å². The smallest absolute Gasteiger partial charge is 0.256 e. The highest BCUT2D eigenvalue weighted by Crippen LogP contribution is 2.21. The molecule has 1 rings (SSSR count). The number of rotatable bonds is 4. The molecule has 0 saturated carbocycles. The Bertz CT molecular complexity index is 269. The van der Waals surface area contributed by atoms with Crippen molar-refractivity contribution in [2.75, 3.05) is 7.11 Å². The van der Waals surface area contributed by atoms with E-state index in [9.17, 15) is 0 Å². The number of hydrogen-bond donors (Lipinski definition) is 1. The van der Waals surface area contributed by atoms with Crippen LogP contribution in [0.1, 0.15) is 25.5 Å². The van der Waals surface area contributed by atoms with E-state index in [1.165, 1.54) is 0 Å². The molecule has 0 aliphatic heterocycles. The highest BCUT2D eigenvalue weighted by molar-refractivity contribution is 5.17. The molecule has 0 aliphatic rings. The lowest BCUT2D eigenvalue weighted by atomic mass is 10.1. The third kappa shape index (κ3) is 2.45. The Morgan fingerprint density at radius 1 is 1.54 bits per heavy atom. The molecular weight excluding hydrogens is 168 g/mol. The molecule has 0 aromatic carbocycles. The first kappa shape index (κ1) is 10.1. The molecular formula is C9H16N2O2. The number of nitrogens with two attached hydrogens (primary N) is 1. The predicted molar refractivity (Wildman–Crippen MR) is 49.5 cm³/mol. The van der Waals surface area contributed by atoms with Crippen LogP contribution in [-0.4, -0.2) is 12.1 Å². The maximum absolute atomic E-state index is 5.41. The van der Waals surface area contributed by atoms with Gasteiger partial charge in [-0.2, -0.15) is 4.98 Å². The van der Waals surface area contributed by atoms with Crippen molar-refractivity contribution in [2.45, 2.75) is 26.8 Å². The summed E-state index contributed by atoms with van der Waals surface area (Å²) in [5.41, 5.74) is 5.41. The monoisotopic (exact) mass is 184 g/mol. The van der Waals surface area contributed by atoms with Gasteiger partial charge in [-0.3, -0.25) is 0 Å². The van der Waals surface area contributed by atoms with Crippen LogP contribution in [0.3, 0.4) is 0 Å². The van der Waals surface area contributed by atoms with Crippen molar-refractivity contribution in [3.05, 3.63) is 11.7 Å². The molecule has 0 unspecified atom stereocenters. The zero-order valence-corrected chi connectivity index (χ0v) is 8.33.